The molecule has 1 heterocycles. The van der Waals surface area contributed by atoms with Crippen molar-refractivity contribution in [2.75, 3.05) is 19.6 Å². The third-order valence-electron chi connectivity index (χ3n) is 4.41. The molecule has 0 aromatic heterocycles. The fraction of sp³-hybridized carbons (Fsp3) is 0.647. The van der Waals surface area contributed by atoms with Crippen molar-refractivity contribution in [1.82, 2.24) is 10.2 Å². The second-order valence-corrected chi connectivity index (χ2v) is 6.96. The van der Waals surface area contributed by atoms with Gasteiger partial charge in [-0.1, -0.05) is 22.9 Å². The van der Waals surface area contributed by atoms with Gasteiger partial charge in [0.05, 0.1) is 0 Å². The Morgan fingerprint density at radius 3 is 3.05 bits per heavy atom. The lowest BCUT2D eigenvalue weighted by Crippen LogP contribution is -2.44. The van der Waals surface area contributed by atoms with Crippen LogP contribution in [0.15, 0.2) is 22.7 Å². The highest BCUT2D eigenvalue weighted by Gasteiger charge is 2.23. The maximum absolute atomic E-state index is 13.3. The van der Waals surface area contributed by atoms with E-state index in [0.717, 1.165) is 10.0 Å². The van der Waals surface area contributed by atoms with Gasteiger partial charge in [0.15, 0.2) is 0 Å². The Kier molecular flexibility index (Phi) is 6.65. The third-order valence-corrected chi connectivity index (χ3v) is 5.18. The lowest BCUT2D eigenvalue weighted by Gasteiger charge is -2.36. The second kappa shape index (κ2) is 8.25. The summed E-state index contributed by atoms with van der Waals surface area (Å²) in [6, 6.07) is 5.33. The minimum absolute atomic E-state index is 0.172. The zero-order chi connectivity index (χ0) is 15.2. The SMILES string of the molecule is CCCN1CCCC(C(C)NCc2cc(F)ccc2Br)C1. The molecule has 0 aliphatic carbocycles. The number of likely N-dealkylation sites (tertiary alicyclic amines) is 1. The summed E-state index contributed by atoms with van der Waals surface area (Å²) in [6.45, 7) is 8.85. The Balaban J connectivity index is 1.86. The van der Waals surface area contributed by atoms with E-state index >= 15 is 0 Å². The van der Waals surface area contributed by atoms with Crippen molar-refractivity contribution in [2.24, 2.45) is 5.92 Å². The normalized spacial score (nSPS) is 21.4. The van der Waals surface area contributed by atoms with Gasteiger partial charge in [-0.3, -0.25) is 0 Å². The quantitative estimate of drug-likeness (QED) is 0.821. The van der Waals surface area contributed by atoms with E-state index in [9.17, 15) is 4.39 Å². The summed E-state index contributed by atoms with van der Waals surface area (Å²) in [5.41, 5.74) is 0.989. The monoisotopic (exact) mass is 356 g/mol. The number of benzene rings is 1. The molecule has 2 unspecified atom stereocenters. The molecule has 1 N–H and O–H groups in total. The van der Waals surface area contributed by atoms with Crippen LogP contribution in [0.2, 0.25) is 0 Å². The molecule has 1 aromatic rings. The summed E-state index contributed by atoms with van der Waals surface area (Å²) >= 11 is 3.49. The lowest BCUT2D eigenvalue weighted by atomic mass is 9.91. The van der Waals surface area contributed by atoms with Crippen LogP contribution < -0.4 is 5.32 Å². The molecule has 0 amide bonds. The van der Waals surface area contributed by atoms with Crippen molar-refractivity contribution in [3.05, 3.63) is 34.1 Å². The van der Waals surface area contributed by atoms with Gasteiger partial charge in [0.25, 0.3) is 0 Å². The van der Waals surface area contributed by atoms with Crippen LogP contribution in [0.4, 0.5) is 4.39 Å². The first kappa shape index (κ1) is 16.9. The number of piperidine rings is 1. The maximum Gasteiger partial charge on any atom is 0.123 e. The smallest absolute Gasteiger partial charge is 0.123 e. The van der Waals surface area contributed by atoms with Gasteiger partial charge in [0.1, 0.15) is 5.82 Å². The van der Waals surface area contributed by atoms with Gasteiger partial charge >= 0.3 is 0 Å². The average Bonchev–Trinajstić information content (AvgIpc) is 2.48. The van der Waals surface area contributed by atoms with E-state index in [2.05, 4.69) is 40.0 Å². The summed E-state index contributed by atoms with van der Waals surface area (Å²) in [6.07, 6.45) is 3.81. The summed E-state index contributed by atoms with van der Waals surface area (Å²) in [5.74, 6) is 0.520. The van der Waals surface area contributed by atoms with Crippen molar-refractivity contribution in [3.63, 3.8) is 0 Å². The third kappa shape index (κ3) is 5.04. The average molecular weight is 357 g/mol. The van der Waals surface area contributed by atoms with E-state index in [0.29, 0.717) is 18.5 Å². The molecule has 1 aliphatic rings. The van der Waals surface area contributed by atoms with Crippen LogP contribution in [0.3, 0.4) is 0 Å². The van der Waals surface area contributed by atoms with Crippen molar-refractivity contribution >= 4 is 15.9 Å². The zero-order valence-electron chi connectivity index (χ0n) is 13.0. The molecule has 2 rings (SSSR count). The van der Waals surface area contributed by atoms with Gasteiger partial charge in [-0.2, -0.15) is 0 Å². The maximum atomic E-state index is 13.3. The first-order valence-electron chi connectivity index (χ1n) is 7.99. The van der Waals surface area contributed by atoms with Gasteiger partial charge in [-0.25, -0.2) is 4.39 Å². The molecule has 1 fully saturated rings. The van der Waals surface area contributed by atoms with Crippen LogP contribution in [0.25, 0.3) is 0 Å². The van der Waals surface area contributed by atoms with Crippen LogP contribution in [-0.4, -0.2) is 30.6 Å². The topological polar surface area (TPSA) is 15.3 Å². The zero-order valence-corrected chi connectivity index (χ0v) is 14.6. The van der Waals surface area contributed by atoms with Crippen LogP contribution in [0.1, 0.15) is 38.7 Å². The summed E-state index contributed by atoms with van der Waals surface area (Å²) in [4.78, 5) is 2.57. The number of hydrogen-bond acceptors (Lipinski definition) is 2. The molecule has 1 aromatic carbocycles. The van der Waals surface area contributed by atoms with Crippen LogP contribution in [0, 0.1) is 11.7 Å². The van der Waals surface area contributed by atoms with Crippen LogP contribution in [0.5, 0.6) is 0 Å². The van der Waals surface area contributed by atoms with Gasteiger partial charge in [0, 0.05) is 23.6 Å². The summed E-state index contributed by atoms with van der Waals surface area (Å²) in [5, 5.41) is 3.58. The highest BCUT2D eigenvalue weighted by molar-refractivity contribution is 9.10. The molecule has 1 aliphatic heterocycles. The largest absolute Gasteiger partial charge is 0.310 e. The first-order chi connectivity index (χ1) is 10.1. The Bertz CT molecular complexity index is 450. The standard InChI is InChI=1S/C17H26BrFN2/c1-3-8-21-9-4-5-14(12-21)13(2)20-11-15-10-16(19)6-7-17(15)18/h6-7,10,13-14,20H,3-5,8-9,11-12H2,1-2H3. The minimum Gasteiger partial charge on any atom is -0.310 e. The molecule has 2 atom stereocenters. The molecule has 0 radical (unpaired) electrons. The van der Waals surface area contributed by atoms with Crippen molar-refractivity contribution in [3.8, 4) is 0 Å². The first-order valence-corrected chi connectivity index (χ1v) is 8.79. The van der Waals surface area contributed by atoms with Gasteiger partial charge < -0.3 is 10.2 Å². The number of nitrogens with zero attached hydrogens (tertiary/aromatic N) is 1. The van der Waals surface area contributed by atoms with Gasteiger partial charge in [0.2, 0.25) is 0 Å². The number of nitrogens with one attached hydrogen (secondary N) is 1. The highest BCUT2D eigenvalue weighted by atomic mass is 79.9. The van der Waals surface area contributed by atoms with E-state index < -0.39 is 0 Å². The van der Waals surface area contributed by atoms with Crippen molar-refractivity contribution in [2.45, 2.75) is 45.7 Å². The second-order valence-electron chi connectivity index (χ2n) is 6.11. The summed E-state index contributed by atoms with van der Waals surface area (Å²) < 4.78 is 14.3. The molecule has 0 spiro atoms. The Morgan fingerprint density at radius 1 is 1.48 bits per heavy atom. The Hall–Kier alpha value is -0.450. The molecule has 118 valence electrons. The van der Waals surface area contributed by atoms with Crippen molar-refractivity contribution < 1.29 is 4.39 Å². The number of halogens is 2. The Morgan fingerprint density at radius 2 is 2.29 bits per heavy atom. The molecule has 21 heavy (non-hydrogen) atoms. The van der Waals surface area contributed by atoms with Crippen LogP contribution >= 0.6 is 15.9 Å². The fourth-order valence-electron chi connectivity index (χ4n) is 3.14. The van der Waals surface area contributed by atoms with E-state index in [4.69, 9.17) is 0 Å². The number of hydrogen-bond donors (Lipinski definition) is 1. The predicted octanol–water partition coefficient (Wildman–Crippen LogP) is 4.19. The summed E-state index contributed by atoms with van der Waals surface area (Å²) in [7, 11) is 0. The van der Waals surface area contributed by atoms with E-state index in [1.807, 2.05) is 0 Å². The van der Waals surface area contributed by atoms with Crippen LogP contribution in [-0.2, 0) is 6.54 Å². The molecular weight excluding hydrogens is 331 g/mol. The van der Waals surface area contributed by atoms with Gasteiger partial charge in [-0.15, -0.1) is 0 Å². The molecule has 0 bridgehead atoms. The Labute approximate surface area is 136 Å². The minimum atomic E-state index is -0.172. The number of rotatable bonds is 6. The molecule has 1 saturated heterocycles. The molecule has 2 nitrogen and oxygen atoms in total. The fourth-order valence-corrected chi connectivity index (χ4v) is 3.52. The van der Waals surface area contributed by atoms with E-state index in [1.165, 1.54) is 45.0 Å². The predicted molar refractivity (Wildman–Crippen MR) is 89.9 cm³/mol. The molecular formula is C17H26BrFN2. The molecule has 4 heteroatoms. The molecule has 0 saturated carbocycles. The lowest BCUT2D eigenvalue weighted by molar-refractivity contribution is 0.150. The van der Waals surface area contributed by atoms with Gasteiger partial charge in [-0.05, 0) is 69.0 Å². The van der Waals surface area contributed by atoms with E-state index in [-0.39, 0.29) is 5.82 Å². The van der Waals surface area contributed by atoms with E-state index in [1.54, 1.807) is 12.1 Å². The van der Waals surface area contributed by atoms with Crippen molar-refractivity contribution in [1.29, 1.82) is 0 Å². The highest BCUT2D eigenvalue weighted by Crippen LogP contribution is 2.22.